The number of anilines is 2. The van der Waals surface area contributed by atoms with Crippen molar-refractivity contribution in [3.63, 3.8) is 0 Å². The molecule has 0 fully saturated rings. The van der Waals surface area contributed by atoms with E-state index in [-0.39, 0.29) is 18.3 Å². The van der Waals surface area contributed by atoms with Crippen molar-refractivity contribution in [3.8, 4) is 5.75 Å². The molecule has 6 nitrogen and oxygen atoms in total. The van der Waals surface area contributed by atoms with Crippen LogP contribution in [0.2, 0.25) is 0 Å². The Morgan fingerprint density at radius 2 is 2.04 bits per heavy atom. The molecule has 2 heterocycles. The smallest absolute Gasteiger partial charge is 0.294 e. The van der Waals surface area contributed by atoms with E-state index in [1.165, 1.54) is 0 Å². The SMILES string of the molecule is Nc1ccc2c(c1)N(CCCO)C(=O)/C(=C\c1ccncc1)O2. The van der Waals surface area contributed by atoms with Gasteiger partial charge >= 0.3 is 0 Å². The minimum atomic E-state index is -0.256. The number of rotatable bonds is 4. The Kier molecular flexibility index (Phi) is 4.25. The first-order valence-electron chi connectivity index (χ1n) is 7.31. The molecule has 0 atom stereocenters. The lowest BCUT2D eigenvalue weighted by Gasteiger charge is -2.30. The van der Waals surface area contributed by atoms with E-state index in [0.717, 1.165) is 5.56 Å². The summed E-state index contributed by atoms with van der Waals surface area (Å²) in [7, 11) is 0. The predicted octanol–water partition coefficient (Wildman–Crippen LogP) is 1.81. The molecule has 1 aliphatic heterocycles. The number of carbonyl (C=O) groups excluding carboxylic acids is 1. The number of pyridine rings is 1. The van der Waals surface area contributed by atoms with Crippen LogP contribution in [0.1, 0.15) is 12.0 Å². The molecule has 2 aromatic rings. The van der Waals surface area contributed by atoms with Crippen LogP contribution in [-0.4, -0.2) is 29.1 Å². The van der Waals surface area contributed by atoms with Gasteiger partial charge < -0.3 is 20.5 Å². The van der Waals surface area contributed by atoms with E-state index in [9.17, 15) is 4.79 Å². The summed E-state index contributed by atoms with van der Waals surface area (Å²) >= 11 is 0. The number of amides is 1. The fraction of sp³-hybridized carbons (Fsp3) is 0.176. The van der Waals surface area contributed by atoms with Crippen LogP contribution in [0.15, 0.2) is 48.5 Å². The van der Waals surface area contributed by atoms with E-state index >= 15 is 0 Å². The minimum absolute atomic E-state index is 0.00564. The van der Waals surface area contributed by atoms with Crippen LogP contribution in [0.25, 0.3) is 6.08 Å². The molecule has 3 N–H and O–H groups in total. The van der Waals surface area contributed by atoms with Crippen LogP contribution in [0.3, 0.4) is 0 Å². The molecular formula is C17H17N3O3. The summed E-state index contributed by atoms with van der Waals surface area (Å²) in [4.78, 5) is 18.2. The molecule has 23 heavy (non-hydrogen) atoms. The molecule has 0 aliphatic carbocycles. The van der Waals surface area contributed by atoms with Crippen LogP contribution in [0, 0.1) is 0 Å². The molecule has 0 saturated carbocycles. The van der Waals surface area contributed by atoms with Gasteiger partial charge in [0.15, 0.2) is 11.5 Å². The van der Waals surface area contributed by atoms with Crippen molar-refractivity contribution in [2.75, 3.05) is 23.8 Å². The van der Waals surface area contributed by atoms with Gasteiger partial charge in [-0.05, 0) is 48.4 Å². The third-order valence-corrected chi connectivity index (χ3v) is 3.49. The Balaban J connectivity index is 2.00. The van der Waals surface area contributed by atoms with Crippen molar-refractivity contribution in [1.82, 2.24) is 4.98 Å². The fourth-order valence-corrected chi connectivity index (χ4v) is 2.39. The maximum atomic E-state index is 12.7. The molecule has 1 aromatic carbocycles. The van der Waals surface area contributed by atoms with Gasteiger partial charge in [-0.3, -0.25) is 9.78 Å². The molecule has 0 unspecified atom stereocenters. The largest absolute Gasteiger partial charge is 0.449 e. The Hall–Kier alpha value is -2.86. The summed E-state index contributed by atoms with van der Waals surface area (Å²) in [5, 5.41) is 9.07. The Labute approximate surface area is 133 Å². The highest BCUT2D eigenvalue weighted by atomic mass is 16.5. The van der Waals surface area contributed by atoms with Crippen LogP contribution in [0.5, 0.6) is 5.75 Å². The first-order valence-corrected chi connectivity index (χ1v) is 7.31. The zero-order valence-corrected chi connectivity index (χ0v) is 12.5. The predicted molar refractivity (Wildman–Crippen MR) is 87.8 cm³/mol. The van der Waals surface area contributed by atoms with Gasteiger partial charge in [-0.1, -0.05) is 0 Å². The van der Waals surface area contributed by atoms with E-state index in [4.69, 9.17) is 15.6 Å². The molecule has 3 rings (SSSR count). The molecule has 118 valence electrons. The average Bonchev–Trinajstić information content (AvgIpc) is 2.56. The highest BCUT2D eigenvalue weighted by molar-refractivity contribution is 6.10. The summed E-state index contributed by atoms with van der Waals surface area (Å²) in [5.41, 5.74) is 7.81. The van der Waals surface area contributed by atoms with Crippen molar-refractivity contribution in [2.45, 2.75) is 6.42 Å². The summed E-state index contributed by atoms with van der Waals surface area (Å²) in [6.07, 6.45) is 5.45. The Morgan fingerprint density at radius 1 is 1.26 bits per heavy atom. The molecule has 1 amide bonds. The molecule has 6 heteroatoms. The third-order valence-electron chi connectivity index (χ3n) is 3.49. The second-order valence-corrected chi connectivity index (χ2v) is 5.15. The molecule has 0 bridgehead atoms. The topological polar surface area (TPSA) is 88.7 Å². The summed E-state index contributed by atoms with van der Waals surface area (Å²) in [6, 6.07) is 8.75. The van der Waals surface area contributed by atoms with E-state index in [0.29, 0.717) is 30.1 Å². The number of ether oxygens (including phenoxy) is 1. The number of carbonyl (C=O) groups is 1. The maximum Gasteiger partial charge on any atom is 0.294 e. The maximum absolute atomic E-state index is 12.7. The molecule has 0 radical (unpaired) electrons. The molecule has 0 spiro atoms. The standard InChI is InChI=1S/C17H17N3O3/c18-13-2-3-15-14(11-13)20(8-1-9-21)17(22)16(23-15)10-12-4-6-19-7-5-12/h2-7,10-11,21H,1,8-9,18H2/b16-10+. The quantitative estimate of drug-likeness (QED) is 0.664. The summed E-state index contributed by atoms with van der Waals surface area (Å²) in [5.74, 6) is 0.539. The number of aliphatic hydroxyl groups excluding tert-OH is 1. The second-order valence-electron chi connectivity index (χ2n) is 5.15. The third kappa shape index (κ3) is 3.17. The van der Waals surface area contributed by atoms with Crippen molar-refractivity contribution in [2.24, 2.45) is 0 Å². The number of hydrogen-bond donors (Lipinski definition) is 2. The Bertz CT molecular complexity index is 744. The second kappa shape index (κ2) is 6.50. The summed E-state index contributed by atoms with van der Waals surface area (Å²) in [6.45, 7) is 0.397. The number of nitrogens with two attached hydrogens (primary N) is 1. The number of fused-ring (bicyclic) bond motifs is 1. The van der Waals surface area contributed by atoms with Crippen molar-refractivity contribution in [3.05, 3.63) is 54.0 Å². The molecule has 0 saturated heterocycles. The van der Waals surface area contributed by atoms with Gasteiger partial charge in [-0.2, -0.15) is 0 Å². The highest BCUT2D eigenvalue weighted by Gasteiger charge is 2.30. The first-order chi connectivity index (χ1) is 11.2. The number of nitrogen functional groups attached to an aromatic ring is 1. The minimum Gasteiger partial charge on any atom is -0.449 e. The van der Waals surface area contributed by atoms with E-state index < -0.39 is 0 Å². The zero-order chi connectivity index (χ0) is 16.2. The van der Waals surface area contributed by atoms with Gasteiger partial charge in [0, 0.05) is 31.2 Å². The van der Waals surface area contributed by atoms with Gasteiger partial charge in [-0.25, -0.2) is 0 Å². The van der Waals surface area contributed by atoms with Crippen LogP contribution < -0.4 is 15.4 Å². The lowest BCUT2D eigenvalue weighted by Crippen LogP contribution is -2.38. The monoisotopic (exact) mass is 311 g/mol. The molecular weight excluding hydrogens is 294 g/mol. The van der Waals surface area contributed by atoms with Crippen molar-refractivity contribution in [1.29, 1.82) is 0 Å². The number of aliphatic hydroxyl groups is 1. The normalized spacial score (nSPS) is 15.4. The van der Waals surface area contributed by atoms with Gasteiger partial charge in [0.1, 0.15) is 0 Å². The van der Waals surface area contributed by atoms with Gasteiger partial charge in [0.2, 0.25) is 0 Å². The zero-order valence-electron chi connectivity index (χ0n) is 12.5. The number of benzene rings is 1. The van der Waals surface area contributed by atoms with Gasteiger partial charge in [-0.15, -0.1) is 0 Å². The summed E-state index contributed by atoms with van der Waals surface area (Å²) < 4.78 is 5.74. The average molecular weight is 311 g/mol. The van der Waals surface area contributed by atoms with Crippen LogP contribution in [-0.2, 0) is 4.79 Å². The lowest BCUT2D eigenvalue weighted by atomic mass is 10.1. The van der Waals surface area contributed by atoms with Crippen molar-refractivity contribution < 1.29 is 14.6 Å². The molecule has 1 aliphatic rings. The molecule has 1 aromatic heterocycles. The number of aromatic nitrogens is 1. The fourth-order valence-electron chi connectivity index (χ4n) is 2.39. The lowest BCUT2D eigenvalue weighted by molar-refractivity contribution is -0.117. The number of hydrogen-bond acceptors (Lipinski definition) is 5. The van der Waals surface area contributed by atoms with E-state index in [1.807, 2.05) is 0 Å². The van der Waals surface area contributed by atoms with Crippen LogP contribution >= 0.6 is 0 Å². The Morgan fingerprint density at radius 3 is 2.78 bits per heavy atom. The van der Waals surface area contributed by atoms with Crippen LogP contribution in [0.4, 0.5) is 11.4 Å². The van der Waals surface area contributed by atoms with E-state index in [2.05, 4.69) is 4.98 Å². The van der Waals surface area contributed by atoms with Gasteiger partial charge in [0.25, 0.3) is 5.91 Å². The van der Waals surface area contributed by atoms with E-state index in [1.54, 1.807) is 53.7 Å². The van der Waals surface area contributed by atoms with Crippen molar-refractivity contribution >= 4 is 23.4 Å². The van der Waals surface area contributed by atoms with Gasteiger partial charge in [0.05, 0.1) is 5.69 Å². The number of nitrogens with zero attached hydrogens (tertiary/aromatic N) is 2. The first kappa shape index (κ1) is 15.1. The highest BCUT2D eigenvalue weighted by Crippen LogP contribution is 2.37.